The van der Waals surface area contributed by atoms with Gasteiger partial charge in [-0.3, -0.25) is 9.69 Å². The monoisotopic (exact) mass is 398 g/mol. The van der Waals surface area contributed by atoms with E-state index < -0.39 is 0 Å². The van der Waals surface area contributed by atoms with Crippen LogP contribution in [0.1, 0.15) is 24.3 Å². The minimum absolute atomic E-state index is 0.142. The van der Waals surface area contributed by atoms with Crippen molar-refractivity contribution in [2.75, 3.05) is 13.6 Å². The molecule has 1 fully saturated rings. The van der Waals surface area contributed by atoms with E-state index >= 15 is 0 Å². The molecule has 0 atom stereocenters. The highest BCUT2D eigenvalue weighted by molar-refractivity contribution is 7.71. The lowest BCUT2D eigenvalue weighted by molar-refractivity contribution is -0.128. The molecule has 1 aliphatic rings. The van der Waals surface area contributed by atoms with E-state index in [9.17, 15) is 4.79 Å². The van der Waals surface area contributed by atoms with Crippen molar-refractivity contribution in [2.24, 2.45) is 0 Å². The van der Waals surface area contributed by atoms with Gasteiger partial charge in [0.1, 0.15) is 0 Å². The number of hydrogen-bond acceptors (Lipinski definition) is 6. The first-order chi connectivity index (χ1) is 13.6. The maximum atomic E-state index is 11.8. The summed E-state index contributed by atoms with van der Waals surface area (Å²) in [5.74, 6) is 0.619. The SMILES string of the molecule is CN(Cc1cnn(-c2ccccc2)c1)Cn1nc(CN2CCCC2=O)oc1=S. The largest absolute Gasteiger partial charge is 0.412 e. The normalized spacial score (nSPS) is 14.4. The van der Waals surface area contributed by atoms with E-state index in [1.165, 1.54) is 0 Å². The van der Waals surface area contributed by atoms with Crippen LogP contribution in [-0.2, 0) is 24.6 Å². The third kappa shape index (κ3) is 4.20. The number of rotatable bonds is 7. The molecule has 2 aromatic heterocycles. The molecule has 1 aromatic carbocycles. The van der Waals surface area contributed by atoms with Crippen LogP contribution in [0.25, 0.3) is 5.69 Å². The molecule has 0 spiro atoms. The molecule has 1 amide bonds. The topological polar surface area (TPSA) is 72.3 Å². The van der Waals surface area contributed by atoms with E-state index in [1.807, 2.05) is 54.5 Å². The van der Waals surface area contributed by atoms with Gasteiger partial charge in [-0.1, -0.05) is 18.2 Å². The molecule has 0 bridgehead atoms. The first-order valence-electron chi connectivity index (χ1n) is 9.20. The Kier molecular flexibility index (Phi) is 5.36. The summed E-state index contributed by atoms with van der Waals surface area (Å²) >= 11 is 5.28. The molecule has 3 heterocycles. The van der Waals surface area contributed by atoms with E-state index in [-0.39, 0.29) is 5.91 Å². The predicted molar refractivity (Wildman–Crippen MR) is 105 cm³/mol. The molecule has 9 heteroatoms. The highest BCUT2D eigenvalue weighted by Crippen LogP contribution is 2.14. The predicted octanol–water partition coefficient (Wildman–Crippen LogP) is 2.60. The van der Waals surface area contributed by atoms with Gasteiger partial charge in [-0.25, -0.2) is 9.36 Å². The van der Waals surface area contributed by atoms with E-state index in [4.69, 9.17) is 16.6 Å². The summed E-state index contributed by atoms with van der Waals surface area (Å²) in [6.07, 6.45) is 5.36. The molecule has 4 rings (SSSR count). The smallest absolute Gasteiger partial charge is 0.288 e. The summed E-state index contributed by atoms with van der Waals surface area (Å²) in [5, 5.41) is 8.86. The van der Waals surface area contributed by atoms with Crippen molar-refractivity contribution in [3.8, 4) is 5.69 Å². The van der Waals surface area contributed by atoms with E-state index in [1.54, 1.807) is 9.58 Å². The van der Waals surface area contributed by atoms with Gasteiger partial charge < -0.3 is 9.32 Å². The number of para-hydroxylation sites is 1. The van der Waals surface area contributed by atoms with Gasteiger partial charge in [0.05, 0.1) is 25.1 Å². The third-order valence-electron chi connectivity index (χ3n) is 4.63. The first kappa shape index (κ1) is 18.6. The zero-order chi connectivity index (χ0) is 19.5. The number of carbonyl (C=O) groups is 1. The summed E-state index contributed by atoms with van der Waals surface area (Å²) < 4.78 is 9.07. The summed E-state index contributed by atoms with van der Waals surface area (Å²) in [5.41, 5.74) is 2.11. The molecule has 8 nitrogen and oxygen atoms in total. The van der Waals surface area contributed by atoms with E-state index in [2.05, 4.69) is 15.1 Å². The maximum absolute atomic E-state index is 11.8. The van der Waals surface area contributed by atoms with Crippen LogP contribution in [0.2, 0.25) is 0 Å². The van der Waals surface area contributed by atoms with Crippen molar-refractivity contribution in [1.82, 2.24) is 29.4 Å². The average molecular weight is 398 g/mol. The van der Waals surface area contributed by atoms with E-state index in [0.29, 0.717) is 36.9 Å². The fraction of sp³-hybridized carbons (Fsp3) is 0.368. The van der Waals surface area contributed by atoms with Crippen molar-refractivity contribution in [3.63, 3.8) is 0 Å². The van der Waals surface area contributed by atoms with Crippen molar-refractivity contribution in [3.05, 3.63) is 59.0 Å². The highest BCUT2D eigenvalue weighted by Gasteiger charge is 2.22. The van der Waals surface area contributed by atoms with E-state index in [0.717, 1.165) is 24.2 Å². The number of aromatic nitrogens is 4. The maximum Gasteiger partial charge on any atom is 0.288 e. The Bertz CT molecular complexity index is 1010. The molecule has 3 aromatic rings. The number of likely N-dealkylation sites (tertiary alicyclic amines) is 1. The lowest BCUT2D eigenvalue weighted by Crippen LogP contribution is -2.25. The molecule has 0 radical (unpaired) electrons. The van der Waals surface area contributed by atoms with Crippen molar-refractivity contribution >= 4 is 18.1 Å². The fourth-order valence-corrected chi connectivity index (χ4v) is 3.49. The lowest BCUT2D eigenvalue weighted by atomic mass is 10.3. The van der Waals surface area contributed by atoms with Gasteiger partial charge in [0.15, 0.2) is 0 Å². The molecular formula is C19H22N6O2S. The molecule has 1 saturated heterocycles. The van der Waals surface area contributed by atoms with Crippen LogP contribution >= 0.6 is 12.2 Å². The number of carbonyl (C=O) groups excluding carboxylic acids is 1. The van der Waals surface area contributed by atoms with Crippen LogP contribution in [0.4, 0.5) is 0 Å². The minimum atomic E-state index is 0.142. The van der Waals surface area contributed by atoms with Gasteiger partial charge in [0, 0.05) is 31.3 Å². The highest BCUT2D eigenvalue weighted by atomic mass is 32.1. The number of benzene rings is 1. The Morgan fingerprint density at radius 3 is 2.86 bits per heavy atom. The average Bonchev–Trinajstić information content (AvgIpc) is 3.39. The Balaban J connectivity index is 1.37. The number of amides is 1. The Hall–Kier alpha value is -2.78. The zero-order valence-corrected chi connectivity index (χ0v) is 16.5. The third-order valence-corrected chi connectivity index (χ3v) is 4.92. The van der Waals surface area contributed by atoms with Crippen molar-refractivity contribution < 1.29 is 9.21 Å². The Morgan fingerprint density at radius 1 is 1.29 bits per heavy atom. The van der Waals surface area contributed by atoms with Gasteiger partial charge in [0.2, 0.25) is 11.8 Å². The fourth-order valence-electron chi connectivity index (χ4n) is 3.29. The van der Waals surface area contributed by atoms with Gasteiger partial charge in [-0.05, 0) is 37.8 Å². The van der Waals surface area contributed by atoms with Gasteiger partial charge in [0.25, 0.3) is 4.84 Å². The van der Waals surface area contributed by atoms with Gasteiger partial charge in [-0.15, -0.1) is 5.10 Å². The van der Waals surface area contributed by atoms with Gasteiger partial charge in [-0.2, -0.15) is 5.10 Å². The number of nitrogens with zero attached hydrogens (tertiary/aromatic N) is 6. The van der Waals surface area contributed by atoms with Crippen LogP contribution < -0.4 is 0 Å². The molecule has 0 saturated carbocycles. The summed E-state index contributed by atoms with van der Waals surface area (Å²) in [6, 6.07) is 9.99. The van der Waals surface area contributed by atoms with Crippen LogP contribution in [0.5, 0.6) is 0 Å². The van der Waals surface area contributed by atoms with Gasteiger partial charge >= 0.3 is 0 Å². The van der Waals surface area contributed by atoms with Crippen molar-refractivity contribution in [2.45, 2.75) is 32.6 Å². The van der Waals surface area contributed by atoms with Crippen LogP contribution in [-0.4, -0.2) is 48.9 Å². The van der Waals surface area contributed by atoms with Crippen molar-refractivity contribution in [1.29, 1.82) is 0 Å². The molecular weight excluding hydrogens is 376 g/mol. The van der Waals surface area contributed by atoms with Crippen LogP contribution in [0, 0.1) is 4.84 Å². The lowest BCUT2D eigenvalue weighted by Gasteiger charge is -2.14. The standard InChI is InChI=1S/C19H22N6O2S/c1-22(11-15-10-20-24(12-15)16-6-3-2-4-7-16)14-25-19(28)27-17(21-25)13-23-9-5-8-18(23)26/h2-4,6-7,10,12H,5,8-9,11,13-14H2,1H3. The van der Waals surface area contributed by atoms with Crippen LogP contribution in [0.15, 0.2) is 47.1 Å². The zero-order valence-electron chi connectivity index (χ0n) is 15.7. The Morgan fingerprint density at radius 2 is 2.11 bits per heavy atom. The number of hydrogen-bond donors (Lipinski definition) is 0. The second-order valence-electron chi connectivity index (χ2n) is 6.96. The summed E-state index contributed by atoms with van der Waals surface area (Å²) in [6.45, 7) is 2.32. The summed E-state index contributed by atoms with van der Waals surface area (Å²) in [7, 11) is 1.99. The second-order valence-corrected chi connectivity index (χ2v) is 7.31. The molecule has 0 N–H and O–H groups in total. The van der Waals surface area contributed by atoms with Crippen LogP contribution in [0.3, 0.4) is 0 Å². The summed E-state index contributed by atoms with van der Waals surface area (Å²) in [4.78, 5) is 15.9. The molecule has 28 heavy (non-hydrogen) atoms. The Labute approximate surface area is 168 Å². The second kappa shape index (κ2) is 8.07. The molecule has 1 aliphatic heterocycles. The molecule has 146 valence electrons. The molecule has 0 aliphatic carbocycles. The first-order valence-corrected chi connectivity index (χ1v) is 9.61. The quantitative estimate of drug-likeness (QED) is 0.570. The molecule has 0 unspecified atom stereocenters. The minimum Gasteiger partial charge on any atom is -0.412 e.